The second-order valence-corrected chi connectivity index (χ2v) is 3.06. The number of aromatic hydroxyl groups is 1. The van der Waals surface area contributed by atoms with Gasteiger partial charge in [0.25, 0.3) is 5.69 Å². The van der Waals surface area contributed by atoms with Crippen molar-refractivity contribution in [3.8, 4) is 5.75 Å². The Kier molecular flexibility index (Phi) is 2.28. The largest absolute Gasteiger partial charge is 0.507 e. The third kappa shape index (κ3) is 1.79. The minimum atomic E-state index is -0.546. The molecule has 1 N–H and O–H groups in total. The van der Waals surface area contributed by atoms with Crippen LogP contribution >= 0.6 is 22.6 Å². The van der Waals surface area contributed by atoms with E-state index >= 15 is 0 Å². The Labute approximate surface area is 76.1 Å². The topological polar surface area (TPSA) is 63.4 Å². The SMILES string of the molecule is O=[N+]([O-])c1ccc(I)c(O)c1. The summed E-state index contributed by atoms with van der Waals surface area (Å²) in [4.78, 5) is 9.61. The molecule has 0 aliphatic carbocycles. The number of nitro benzene ring substituents is 1. The van der Waals surface area contributed by atoms with Gasteiger partial charge in [-0.25, -0.2) is 0 Å². The summed E-state index contributed by atoms with van der Waals surface area (Å²) in [5.41, 5.74) is -0.0945. The average Bonchev–Trinajstić information content (AvgIpc) is 1.94. The Morgan fingerprint density at radius 3 is 2.64 bits per heavy atom. The number of hydrogen-bond donors (Lipinski definition) is 1. The summed E-state index contributed by atoms with van der Waals surface area (Å²) in [7, 11) is 0. The Bertz CT molecular complexity index is 300. The van der Waals surface area contributed by atoms with E-state index in [4.69, 9.17) is 5.11 Å². The Balaban J connectivity index is 3.15. The summed E-state index contributed by atoms with van der Waals surface area (Å²) in [5, 5.41) is 19.2. The number of non-ortho nitro benzene ring substituents is 1. The van der Waals surface area contributed by atoms with Crippen LogP contribution in [0.2, 0.25) is 0 Å². The molecule has 0 atom stereocenters. The molecule has 1 rings (SSSR count). The van der Waals surface area contributed by atoms with Crippen LogP contribution in [-0.4, -0.2) is 10.0 Å². The molecule has 58 valence electrons. The molecule has 0 amide bonds. The number of benzene rings is 1. The van der Waals surface area contributed by atoms with Gasteiger partial charge in [0.1, 0.15) is 5.75 Å². The number of phenolic OH excluding ortho intramolecular Hbond substituents is 1. The predicted molar refractivity (Wildman–Crippen MR) is 47.5 cm³/mol. The van der Waals surface area contributed by atoms with Crippen LogP contribution in [0.1, 0.15) is 0 Å². The highest BCUT2D eigenvalue weighted by molar-refractivity contribution is 14.1. The zero-order valence-electron chi connectivity index (χ0n) is 5.32. The number of phenols is 1. The van der Waals surface area contributed by atoms with Crippen molar-refractivity contribution in [2.75, 3.05) is 0 Å². The Morgan fingerprint density at radius 2 is 2.18 bits per heavy atom. The summed E-state index contributed by atoms with van der Waals surface area (Å²) in [6.07, 6.45) is 0. The van der Waals surface area contributed by atoms with Gasteiger partial charge in [-0.3, -0.25) is 10.1 Å². The molecule has 0 saturated heterocycles. The molecule has 0 radical (unpaired) electrons. The van der Waals surface area contributed by atoms with Gasteiger partial charge in [0, 0.05) is 6.07 Å². The first-order valence-corrected chi connectivity index (χ1v) is 3.82. The van der Waals surface area contributed by atoms with E-state index in [1.54, 1.807) is 0 Å². The number of nitrogens with zero attached hydrogens (tertiary/aromatic N) is 1. The van der Waals surface area contributed by atoms with E-state index in [-0.39, 0.29) is 11.4 Å². The molecule has 0 aliphatic rings. The first-order chi connectivity index (χ1) is 5.11. The van der Waals surface area contributed by atoms with E-state index in [0.717, 1.165) is 6.07 Å². The number of nitro groups is 1. The lowest BCUT2D eigenvalue weighted by molar-refractivity contribution is -0.384. The first-order valence-electron chi connectivity index (χ1n) is 2.74. The zero-order chi connectivity index (χ0) is 8.43. The molecule has 1 aromatic rings. The molecular weight excluding hydrogens is 261 g/mol. The van der Waals surface area contributed by atoms with Gasteiger partial charge in [0.15, 0.2) is 0 Å². The molecule has 0 heterocycles. The minimum absolute atomic E-state index is 0.0557. The number of rotatable bonds is 1. The van der Waals surface area contributed by atoms with Crippen LogP contribution in [0, 0.1) is 13.7 Å². The van der Waals surface area contributed by atoms with Crippen molar-refractivity contribution in [2.45, 2.75) is 0 Å². The number of halogens is 1. The molecule has 4 nitrogen and oxygen atoms in total. The molecule has 5 heteroatoms. The van der Waals surface area contributed by atoms with Crippen molar-refractivity contribution < 1.29 is 10.0 Å². The smallest absolute Gasteiger partial charge is 0.273 e. The normalized spacial score (nSPS) is 9.55. The van der Waals surface area contributed by atoms with Crippen LogP contribution in [0.25, 0.3) is 0 Å². The highest BCUT2D eigenvalue weighted by Gasteiger charge is 2.07. The Morgan fingerprint density at radius 1 is 1.55 bits per heavy atom. The van der Waals surface area contributed by atoms with E-state index in [2.05, 4.69) is 0 Å². The summed E-state index contributed by atoms with van der Waals surface area (Å²) < 4.78 is 0.605. The molecule has 0 fully saturated rings. The van der Waals surface area contributed by atoms with E-state index in [1.807, 2.05) is 22.6 Å². The summed E-state index contributed by atoms with van der Waals surface area (Å²) in [6.45, 7) is 0. The molecule has 1 aromatic carbocycles. The van der Waals surface area contributed by atoms with E-state index in [0.29, 0.717) is 3.57 Å². The van der Waals surface area contributed by atoms with Crippen LogP contribution in [-0.2, 0) is 0 Å². The van der Waals surface area contributed by atoms with Crippen LogP contribution < -0.4 is 0 Å². The molecule has 11 heavy (non-hydrogen) atoms. The van der Waals surface area contributed by atoms with Crippen molar-refractivity contribution in [1.29, 1.82) is 0 Å². The Hall–Kier alpha value is -0.850. The maximum Gasteiger partial charge on any atom is 0.273 e. The minimum Gasteiger partial charge on any atom is -0.507 e. The maximum absolute atomic E-state index is 10.2. The van der Waals surface area contributed by atoms with Crippen LogP contribution in [0.15, 0.2) is 18.2 Å². The van der Waals surface area contributed by atoms with E-state index < -0.39 is 4.92 Å². The second kappa shape index (κ2) is 3.04. The summed E-state index contributed by atoms with van der Waals surface area (Å²) >= 11 is 1.89. The van der Waals surface area contributed by atoms with Crippen LogP contribution in [0.5, 0.6) is 5.75 Å². The van der Waals surface area contributed by atoms with Crippen molar-refractivity contribution in [3.05, 3.63) is 31.9 Å². The quantitative estimate of drug-likeness (QED) is 0.479. The maximum atomic E-state index is 10.2. The van der Waals surface area contributed by atoms with Gasteiger partial charge in [-0.1, -0.05) is 0 Å². The van der Waals surface area contributed by atoms with Gasteiger partial charge in [0.05, 0.1) is 14.6 Å². The lowest BCUT2D eigenvalue weighted by atomic mass is 10.3. The molecule has 0 bridgehead atoms. The molecule has 0 unspecified atom stereocenters. The lowest BCUT2D eigenvalue weighted by Crippen LogP contribution is -1.87. The van der Waals surface area contributed by atoms with Crippen molar-refractivity contribution in [2.24, 2.45) is 0 Å². The lowest BCUT2D eigenvalue weighted by Gasteiger charge is -1.94. The third-order valence-corrected chi connectivity index (χ3v) is 2.05. The molecule has 0 saturated carbocycles. The van der Waals surface area contributed by atoms with Gasteiger partial charge < -0.3 is 5.11 Å². The number of hydrogen-bond acceptors (Lipinski definition) is 3. The standard InChI is InChI=1S/C6H4INO3/c7-5-2-1-4(8(10)11)3-6(5)9/h1-3,9H. The third-order valence-electron chi connectivity index (χ3n) is 1.14. The summed E-state index contributed by atoms with van der Waals surface area (Å²) in [6, 6.07) is 3.97. The van der Waals surface area contributed by atoms with E-state index in [9.17, 15) is 10.1 Å². The fraction of sp³-hybridized carbons (Fsp3) is 0. The van der Waals surface area contributed by atoms with Gasteiger partial charge in [-0.2, -0.15) is 0 Å². The van der Waals surface area contributed by atoms with Gasteiger partial charge in [-0.05, 0) is 28.7 Å². The van der Waals surface area contributed by atoms with E-state index in [1.165, 1.54) is 12.1 Å². The molecule has 0 aromatic heterocycles. The predicted octanol–water partition coefficient (Wildman–Crippen LogP) is 1.90. The van der Waals surface area contributed by atoms with Gasteiger partial charge >= 0.3 is 0 Å². The summed E-state index contributed by atoms with van der Waals surface area (Å²) in [5.74, 6) is -0.0557. The van der Waals surface area contributed by atoms with Crippen molar-refractivity contribution >= 4 is 28.3 Å². The van der Waals surface area contributed by atoms with Gasteiger partial charge in [0.2, 0.25) is 0 Å². The monoisotopic (exact) mass is 265 g/mol. The van der Waals surface area contributed by atoms with Crippen molar-refractivity contribution in [1.82, 2.24) is 0 Å². The highest BCUT2D eigenvalue weighted by atomic mass is 127. The fourth-order valence-electron chi connectivity index (χ4n) is 0.615. The second-order valence-electron chi connectivity index (χ2n) is 1.89. The zero-order valence-corrected chi connectivity index (χ0v) is 7.48. The average molecular weight is 265 g/mol. The van der Waals surface area contributed by atoms with Gasteiger partial charge in [-0.15, -0.1) is 0 Å². The van der Waals surface area contributed by atoms with Crippen LogP contribution in [0.3, 0.4) is 0 Å². The highest BCUT2D eigenvalue weighted by Crippen LogP contribution is 2.24. The molecular formula is C6H4INO3. The fourth-order valence-corrected chi connectivity index (χ4v) is 0.950. The van der Waals surface area contributed by atoms with Crippen molar-refractivity contribution in [3.63, 3.8) is 0 Å². The first kappa shape index (κ1) is 8.25. The molecule has 0 spiro atoms. The molecule has 0 aliphatic heterocycles. The van der Waals surface area contributed by atoms with Crippen LogP contribution in [0.4, 0.5) is 5.69 Å².